The molecule has 0 aliphatic carbocycles. The summed E-state index contributed by atoms with van der Waals surface area (Å²) < 4.78 is 6.06. The molecule has 142 valence electrons. The van der Waals surface area contributed by atoms with Crippen LogP contribution in [0.15, 0.2) is 40.7 Å². The Hall–Kier alpha value is -2.32. The molecule has 1 heterocycles. The molecule has 3 rings (SSSR count). The molecule has 0 bridgehead atoms. The lowest BCUT2D eigenvalue weighted by molar-refractivity contribution is -0.127. The van der Waals surface area contributed by atoms with Gasteiger partial charge in [-0.3, -0.25) is 4.79 Å². The molecule has 0 fully saturated rings. The van der Waals surface area contributed by atoms with Gasteiger partial charge < -0.3 is 15.0 Å². The Balaban J connectivity index is 1.57. The van der Waals surface area contributed by atoms with Crippen molar-refractivity contribution in [2.75, 3.05) is 31.8 Å². The molecule has 0 saturated heterocycles. The summed E-state index contributed by atoms with van der Waals surface area (Å²) in [7, 11) is 3.49. The Morgan fingerprint density at radius 3 is 2.78 bits per heavy atom. The van der Waals surface area contributed by atoms with E-state index in [0.717, 1.165) is 38.1 Å². The second-order valence-corrected chi connectivity index (χ2v) is 8.19. The van der Waals surface area contributed by atoms with Gasteiger partial charge in [-0.15, -0.1) is 10.2 Å². The van der Waals surface area contributed by atoms with Gasteiger partial charge in [0.2, 0.25) is 11.0 Å². The molecule has 1 N–H and O–H groups in total. The zero-order valence-corrected chi connectivity index (χ0v) is 17.2. The lowest BCUT2D eigenvalue weighted by atomic mass is 10.1. The number of methoxy groups -OCH3 is 1. The Bertz CT molecular complexity index is 929. The van der Waals surface area contributed by atoms with Crippen molar-refractivity contribution >= 4 is 44.9 Å². The van der Waals surface area contributed by atoms with Crippen LogP contribution in [0.1, 0.15) is 12.5 Å². The third-order valence-electron chi connectivity index (χ3n) is 4.01. The van der Waals surface area contributed by atoms with Crippen LogP contribution >= 0.6 is 23.1 Å². The first-order valence-corrected chi connectivity index (χ1v) is 10.4. The predicted octanol–water partition coefficient (Wildman–Crippen LogP) is 3.88. The zero-order valence-electron chi connectivity index (χ0n) is 15.6. The minimum atomic E-state index is 0.0648. The second-order valence-electron chi connectivity index (χ2n) is 5.99. The van der Waals surface area contributed by atoms with Gasteiger partial charge in [0.25, 0.3) is 0 Å². The fourth-order valence-corrected chi connectivity index (χ4v) is 4.35. The van der Waals surface area contributed by atoms with Crippen LogP contribution in [-0.4, -0.2) is 47.5 Å². The van der Waals surface area contributed by atoms with Gasteiger partial charge in [-0.2, -0.15) is 0 Å². The van der Waals surface area contributed by atoms with E-state index in [4.69, 9.17) is 4.74 Å². The summed E-state index contributed by atoms with van der Waals surface area (Å²) in [5, 5.41) is 14.3. The fraction of sp³-hybridized carbons (Fsp3) is 0.316. The van der Waals surface area contributed by atoms with E-state index in [9.17, 15) is 4.79 Å². The van der Waals surface area contributed by atoms with Crippen molar-refractivity contribution in [1.29, 1.82) is 0 Å². The molecule has 0 saturated carbocycles. The lowest BCUT2D eigenvalue weighted by Crippen LogP contribution is -2.27. The number of thioether (sulfide) groups is 1. The third kappa shape index (κ3) is 5.11. The van der Waals surface area contributed by atoms with Crippen LogP contribution < -0.4 is 10.1 Å². The van der Waals surface area contributed by atoms with E-state index in [2.05, 4.69) is 27.6 Å². The average molecular weight is 403 g/mol. The third-order valence-corrected chi connectivity index (χ3v) is 6.01. The van der Waals surface area contributed by atoms with Crippen molar-refractivity contribution in [1.82, 2.24) is 15.1 Å². The average Bonchev–Trinajstić information content (AvgIpc) is 3.13. The van der Waals surface area contributed by atoms with Crippen molar-refractivity contribution in [2.45, 2.75) is 17.8 Å². The molecule has 0 atom stereocenters. The van der Waals surface area contributed by atoms with Crippen LogP contribution in [-0.2, 0) is 11.3 Å². The highest BCUT2D eigenvalue weighted by molar-refractivity contribution is 8.01. The highest BCUT2D eigenvalue weighted by Gasteiger charge is 2.12. The SMILES string of the molecule is CCNc1nnc(SCC(=O)N(C)Cc2ccc3cc(OC)ccc3c2)s1. The van der Waals surface area contributed by atoms with Crippen LogP contribution in [0.3, 0.4) is 0 Å². The largest absolute Gasteiger partial charge is 0.497 e. The summed E-state index contributed by atoms with van der Waals surface area (Å²) in [5.41, 5.74) is 1.10. The van der Waals surface area contributed by atoms with E-state index < -0.39 is 0 Å². The van der Waals surface area contributed by atoms with Gasteiger partial charge >= 0.3 is 0 Å². The molecule has 0 radical (unpaired) electrons. The van der Waals surface area contributed by atoms with E-state index in [0.29, 0.717) is 12.3 Å². The molecular weight excluding hydrogens is 380 g/mol. The number of rotatable bonds is 8. The number of fused-ring (bicyclic) bond motifs is 1. The fourth-order valence-electron chi connectivity index (χ4n) is 2.59. The molecule has 1 aromatic heterocycles. The van der Waals surface area contributed by atoms with E-state index in [1.807, 2.05) is 38.2 Å². The van der Waals surface area contributed by atoms with E-state index >= 15 is 0 Å². The molecule has 6 nitrogen and oxygen atoms in total. The van der Waals surface area contributed by atoms with Gasteiger partial charge in [0.05, 0.1) is 12.9 Å². The van der Waals surface area contributed by atoms with Crippen LogP contribution in [0.5, 0.6) is 5.75 Å². The minimum Gasteiger partial charge on any atom is -0.497 e. The first-order chi connectivity index (χ1) is 13.1. The van der Waals surface area contributed by atoms with Gasteiger partial charge in [0.1, 0.15) is 5.75 Å². The second kappa shape index (κ2) is 9.05. The predicted molar refractivity (Wildman–Crippen MR) is 112 cm³/mol. The number of benzene rings is 2. The summed E-state index contributed by atoms with van der Waals surface area (Å²) in [4.78, 5) is 14.2. The van der Waals surface area contributed by atoms with Crippen molar-refractivity contribution in [2.24, 2.45) is 0 Å². The topological polar surface area (TPSA) is 67.4 Å². The lowest BCUT2D eigenvalue weighted by Gasteiger charge is -2.17. The first kappa shape index (κ1) is 19.4. The number of carbonyl (C=O) groups excluding carboxylic acids is 1. The number of ether oxygens (including phenoxy) is 1. The molecule has 1 amide bonds. The number of hydrogen-bond donors (Lipinski definition) is 1. The highest BCUT2D eigenvalue weighted by atomic mass is 32.2. The molecular formula is C19H22N4O2S2. The number of nitrogens with one attached hydrogen (secondary N) is 1. The summed E-state index contributed by atoms with van der Waals surface area (Å²) in [5.74, 6) is 1.26. The normalized spacial score (nSPS) is 10.8. The standard InChI is InChI=1S/C19H22N4O2S2/c1-4-20-18-21-22-19(27-18)26-12-17(24)23(2)11-13-5-6-15-10-16(25-3)8-7-14(15)9-13/h5-10H,4,11-12H2,1-3H3,(H,20,21). The Morgan fingerprint density at radius 1 is 1.22 bits per heavy atom. The summed E-state index contributed by atoms with van der Waals surface area (Å²) >= 11 is 2.89. The minimum absolute atomic E-state index is 0.0648. The van der Waals surface area contributed by atoms with Crippen LogP contribution in [0.4, 0.5) is 5.13 Å². The highest BCUT2D eigenvalue weighted by Crippen LogP contribution is 2.26. The zero-order chi connectivity index (χ0) is 19.2. The number of nitrogens with zero attached hydrogens (tertiary/aromatic N) is 3. The molecule has 0 aliphatic rings. The molecule has 2 aromatic carbocycles. The maximum atomic E-state index is 12.4. The van der Waals surface area contributed by atoms with Crippen LogP contribution in [0, 0.1) is 0 Å². The van der Waals surface area contributed by atoms with Gasteiger partial charge in [-0.1, -0.05) is 41.3 Å². The Labute approximate surface area is 166 Å². The Morgan fingerprint density at radius 2 is 2.00 bits per heavy atom. The summed E-state index contributed by atoms with van der Waals surface area (Å²) in [6.45, 7) is 3.38. The number of carbonyl (C=O) groups is 1. The van der Waals surface area contributed by atoms with Gasteiger partial charge in [-0.05, 0) is 41.5 Å². The quantitative estimate of drug-likeness (QED) is 0.577. The number of amides is 1. The monoisotopic (exact) mass is 402 g/mol. The maximum absolute atomic E-state index is 12.4. The molecule has 27 heavy (non-hydrogen) atoms. The first-order valence-electron chi connectivity index (χ1n) is 8.60. The molecule has 0 spiro atoms. The van der Waals surface area contributed by atoms with Gasteiger partial charge in [0, 0.05) is 20.1 Å². The molecule has 3 aromatic rings. The van der Waals surface area contributed by atoms with Crippen LogP contribution in [0.2, 0.25) is 0 Å². The van der Waals surface area contributed by atoms with Crippen LogP contribution in [0.25, 0.3) is 10.8 Å². The maximum Gasteiger partial charge on any atom is 0.233 e. The molecule has 0 aliphatic heterocycles. The van der Waals surface area contributed by atoms with E-state index in [1.165, 1.54) is 23.1 Å². The Kier molecular flexibility index (Phi) is 6.52. The van der Waals surface area contributed by atoms with Crippen molar-refractivity contribution in [3.63, 3.8) is 0 Å². The van der Waals surface area contributed by atoms with Crippen molar-refractivity contribution < 1.29 is 9.53 Å². The van der Waals surface area contributed by atoms with Crippen molar-refractivity contribution in [3.05, 3.63) is 42.0 Å². The van der Waals surface area contributed by atoms with Gasteiger partial charge in [0.15, 0.2) is 4.34 Å². The molecule has 8 heteroatoms. The van der Waals surface area contributed by atoms with Gasteiger partial charge in [-0.25, -0.2) is 0 Å². The van der Waals surface area contributed by atoms with Crippen molar-refractivity contribution in [3.8, 4) is 5.75 Å². The smallest absolute Gasteiger partial charge is 0.233 e. The van der Waals surface area contributed by atoms with E-state index in [1.54, 1.807) is 12.0 Å². The molecule has 0 unspecified atom stereocenters. The number of hydrogen-bond acceptors (Lipinski definition) is 7. The summed E-state index contributed by atoms with van der Waals surface area (Å²) in [6, 6.07) is 12.2. The number of aromatic nitrogens is 2. The summed E-state index contributed by atoms with van der Waals surface area (Å²) in [6.07, 6.45) is 0. The van der Waals surface area contributed by atoms with E-state index in [-0.39, 0.29) is 5.91 Å². The number of anilines is 1.